The Morgan fingerprint density at radius 3 is 1.51 bits per heavy atom. The molecule has 2 aromatic heterocycles. The lowest BCUT2D eigenvalue weighted by atomic mass is 9.90. The van der Waals surface area contributed by atoms with Crippen LogP contribution in [0.15, 0.2) is 85.2 Å². The summed E-state index contributed by atoms with van der Waals surface area (Å²) in [7, 11) is 7.58. The third kappa shape index (κ3) is 11.5. The second kappa shape index (κ2) is 21.9. The Balaban J connectivity index is 0.000000205. The van der Waals surface area contributed by atoms with Gasteiger partial charge in [-0.15, -0.1) is 0 Å². The first-order valence-electron chi connectivity index (χ1n) is 22.6. The molecule has 17 heteroatoms. The minimum absolute atomic E-state index is 0.158. The van der Waals surface area contributed by atoms with E-state index in [0.717, 1.165) is 49.7 Å². The number of fused-ring (bicyclic) bond motifs is 2. The Morgan fingerprint density at radius 2 is 1.06 bits per heavy atom. The molecular formula is C52H54Cl2F2N6O7. The molecule has 362 valence electrons. The molecule has 0 aliphatic carbocycles. The number of carbonyl (C=O) groups excluding carboxylic acids is 6. The SMILES string of the molecule is CN(C)C(=O)C(=O)c1c[nH]c2cc(Cl)c(C(=O)N3CCC(Cc4ccc(F)cc4)CC3)cc12.COCn1cc(C(=O)C(=O)N(C)C)c2cc(C(=O)N3CCC(Cc4ccc(F)cc4)CC3)c(Cl)cc21. The summed E-state index contributed by atoms with van der Waals surface area (Å²) in [5.74, 6) is -2.67. The first-order valence-corrected chi connectivity index (χ1v) is 23.4. The number of rotatable bonds is 12. The Morgan fingerprint density at radius 1 is 0.623 bits per heavy atom. The summed E-state index contributed by atoms with van der Waals surface area (Å²) in [6, 6.07) is 19.5. The van der Waals surface area contributed by atoms with E-state index in [1.54, 1.807) is 69.1 Å². The number of carbonyl (C=O) groups is 6. The molecule has 1 N–H and O–H groups in total. The molecule has 0 atom stereocenters. The molecule has 4 amide bonds. The van der Waals surface area contributed by atoms with Gasteiger partial charge in [-0.2, -0.15) is 0 Å². The topological polar surface area (TPSA) is 145 Å². The maximum Gasteiger partial charge on any atom is 0.294 e. The third-order valence-corrected chi connectivity index (χ3v) is 13.5. The normalized spacial score (nSPS) is 14.4. The Hall–Kier alpha value is -6.42. The smallest absolute Gasteiger partial charge is 0.294 e. The van der Waals surface area contributed by atoms with Crippen LogP contribution < -0.4 is 0 Å². The van der Waals surface area contributed by atoms with E-state index >= 15 is 0 Å². The Bertz CT molecular complexity index is 2900. The van der Waals surface area contributed by atoms with Crippen molar-refractivity contribution in [2.24, 2.45) is 11.8 Å². The van der Waals surface area contributed by atoms with Gasteiger partial charge in [-0.25, -0.2) is 8.78 Å². The number of hydrogen-bond donors (Lipinski definition) is 1. The van der Waals surface area contributed by atoms with Crippen LogP contribution in [0, 0.1) is 23.5 Å². The molecule has 0 saturated carbocycles. The number of hydrogen-bond acceptors (Lipinski definition) is 7. The molecule has 69 heavy (non-hydrogen) atoms. The molecule has 8 rings (SSSR count). The highest BCUT2D eigenvalue weighted by atomic mass is 35.5. The number of ether oxygens (including phenoxy) is 1. The second-order valence-electron chi connectivity index (χ2n) is 18.0. The minimum atomic E-state index is -0.665. The molecule has 0 bridgehead atoms. The molecule has 2 saturated heterocycles. The number of nitrogens with zero attached hydrogens (tertiary/aromatic N) is 5. The van der Waals surface area contributed by atoms with E-state index in [2.05, 4.69) is 4.98 Å². The van der Waals surface area contributed by atoms with Crippen molar-refractivity contribution in [1.82, 2.24) is 29.2 Å². The highest BCUT2D eigenvalue weighted by Gasteiger charge is 2.30. The number of ketones is 2. The average Bonchev–Trinajstić information content (AvgIpc) is 3.91. The largest absolute Gasteiger partial charge is 0.364 e. The Kier molecular flexibility index (Phi) is 16.0. The maximum atomic E-state index is 13.4. The van der Waals surface area contributed by atoms with Crippen LogP contribution in [0.5, 0.6) is 0 Å². The van der Waals surface area contributed by atoms with Crippen molar-refractivity contribution < 1.29 is 42.3 Å². The van der Waals surface area contributed by atoms with Crippen LogP contribution >= 0.6 is 23.2 Å². The van der Waals surface area contributed by atoms with E-state index in [9.17, 15) is 37.5 Å². The number of halogens is 4. The van der Waals surface area contributed by atoms with Crippen molar-refractivity contribution in [1.29, 1.82) is 0 Å². The first kappa shape index (κ1) is 50.5. The van der Waals surface area contributed by atoms with Crippen LogP contribution in [0.1, 0.15) is 78.2 Å². The lowest BCUT2D eigenvalue weighted by molar-refractivity contribution is -0.124. The number of Topliss-reactive ketones (excluding diaryl/α,β-unsaturated/α-hetero) is 2. The number of likely N-dealkylation sites (tertiary alicyclic amines) is 2. The summed E-state index contributed by atoms with van der Waals surface area (Å²) in [5.41, 5.74) is 4.38. The molecule has 13 nitrogen and oxygen atoms in total. The zero-order valence-corrected chi connectivity index (χ0v) is 40.6. The van der Waals surface area contributed by atoms with Crippen molar-refractivity contribution in [3.63, 3.8) is 0 Å². The zero-order chi connectivity index (χ0) is 49.7. The van der Waals surface area contributed by atoms with Gasteiger partial charge in [0.25, 0.3) is 35.2 Å². The molecule has 0 spiro atoms. The summed E-state index contributed by atoms with van der Waals surface area (Å²) in [6.07, 6.45) is 8.06. The van der Waals surface area contributed by atoms with Crippen LogP contribution in [0.2, 0.25) is 10.0 Å². The summed E-state index contributed by atoms with van der Waals surface area (Å²) >= 11 is 13.0. The summed E-state index contributed by atoms with van der Waals surface area (Å²) in [4.78, 5) is 85.6. The standard InChI is InChI=1S/C27H29ClFN3O4.C25H25ClFN3O3/c1-30(2)27(35)25(33)22-15-32(16-36-3)24-14-23(28)21(13-20(22)24)26(34)31-10-8-18(9-11-31)12-17-4-6-19(29)7-5-17;1-29(2)25(33)23(31)20-14-28-22-13-21(26)19(12-18(20)22)24(32)30-9-7-16(8-10-30)11-15-3-5-17(27)6-4-15/h4-7,13-15,18H,8-12,16H2,1-3H3;3-6,12-14,16,28H,7-11H2,1-2H3. The number of amides is 4. The van der Waals surface area contributed by atoms with Gasteiger partial charge in [0.05, 0.1) is 37.8 Å². The van der Waals surface area contributed by atoms with Crippen LogP contribution in [0.25, 0.3) is 21.8 Å². The molecule has 4 aromatic carbocycles. The fourth-order valence-electron chi connectivity index (χ4n) is 8.96. The molecule has 6 aromatic rings. The van der Waals surface area contributed by atoms with Crippen molar-refractivity contribution in [3.8, 4) is 0 Å². The van der Waals surface area contributed by atoms with Gasteiger partial charge in [-0.05, 0) is 110 Å². The lowest BCUT2D eigenvalue weighted by Crippen LogP contribution is -2.39. The number of likely N-dealkylation sites (N-methyl/N-ethyl adjacent to an activating group) is 2. The minimum Gasteiger partial charge on any atom is -0.364 e. The third-order valence-electron chi connectivity index (χ3n) is 12.8. The molecular weight excluding hydrogens is 930 g/mol. The summed E-state index contributed by atoms with van der Waals surface area (Å²) in [5, 5.41) is 1.54. The van der Waals surface area contributed by atoms with Crippen LogP contribution in [-0.4, -0.2) is 126 Å². The van der Waals surface area contributed by atoms with Crippen molar-refractivity contribution in [3.05, 3.63) is 140 Å². The van der Waals surface area contributed by atoms with Gasteiger partial charge >= 0.3 is 0 Å². The molecule has 2 aliphatic rings. The van der Waals surface area contributed by atoms with E-state index < -0.39 is 23.4 Å². The van der Waals surface area contributed by atoms with Crippen LogP contribution in [0.4, 0.5) is 8.78 Å². The van der Waals surface area contributed by atoms with Crippen LogP contribution in [0.3, 0.4) is 0 Å². The van der Waals surface area contributed by atoms with E-state index in [1.807, 2.05) is 0 Å². The number of aromatic nitrogens is 2. The molecule has 2 aliphatic heterocycles. The van der Waals surface area contributed by atoms with Gasteiger partial charge in [0, 0.05) is 90.2 Å². The predicted molar refractivity (Wildman–Crippen MR) is 261 cm³/mol. The number of benzene rings is 4. The number of methoxy groups -OCH3 is 1. The lowest BCUT2D eigenvalue weighted by Gasteiger charge is -2.32. The van der Waals surface area contributed by atoms with Crippen molar-refractivity contribution in [2.75, 3.05) is 61.5 Å². The van der Waals surface area contributed by atoms with E-state index in [-0.39, 0.29) is 46.3 Å². The zero-order valence-electron chi connectivity index (χ0n) is 39.1. The highest BCUT2D eigenvalue weighted by Crippen LogP contribution is 2.33. The fourth-order valence-corrected chi connectivity index (χ4v) is 9.45. The second-order valence-corrected chi connectivity index (χ2v) is 18.9. The van der Waals surface area contributed by atoms with Gasteiger partial charge in [0.1, 0.15) is 18.4 Å². The van der Waals surface area contributed by atoms with Gasteiger partial charge in [-0.1, -0.05) is 47.5 Å². The van der Waals surface area contributed by atoms with Gasteiger partial charge in [0.2, 0.25) is 0 Å². The maximum absolute atomic E-state index is 13.4. The average molecular weight is 984 g/mol. The van der Waals surface area contributed by atoms with E-state index in [0.29, 0.717) is 76.0 Å². The van der Waals surface area contributed by atoms with E-state index in [1.165, 1.54) is 75.6 Å². The number of H-pyrrole nitrogens is 1. The Labute approximate surface area is 408 Å². The van der Waals surface area contributed by atoms with Gasteiger partial charge < -0.3 is 33.9 Å². The fraction of sp³-hybridized carbons (Fsp3) is 0.346. The van der Waals surface area contributed by atoms with Crippen LogP contribution in [-0.2, 0) is 33.9 Å². The molecule has 0 unspecified atom stereocenters. The highest BCUT2D eigenvalue weighted by molar-refractivity contribution is 6.46. The van der Waals surface area contributed by atoms with E-state index in [4.69, 9.17) is 27.9 Å². The quantitative estimate of drug-likeness (QED) is 0.0954. The monoisotopic (exact) mass is 982 g/mol. The molecule has 4 heterocycles. The number of nitrogens with one attached hydrogen (secondary N) is 1. The van der Waals surface area contributed by atoms with Crippen molar-refractivity contribution in [2.45, 2.75) is 45.3 Å². The summed E-state index contributed by atoms with van der Waals surface area (Å²) < 4.78 is 33.2. The van der Waals surface area contributed by atoms with Gasteiger partial charge in [-0.3, -0.25) is 28.8 Å². The summed E-state index contributed by atoms with van der Waals surface area (Å²) in [6.45, 7) is 2.50. The predicted octanol–water partition coefficient (Wildman–Crippen LogP) is 8.73. The number of piperidine rings is 2. The molecule has 2 fully saturated rings. The molecule has 0 radical (unpaired) electrons. The number of aromatic amines is 1. The van der Waals surface area contributed by atoms with Gasteiger partial charge in [0.15, 0.2) is 0 Å². The van der Waals surface area contributed by atoms with Crippen molar-refractivity contribution >= 4 is 80.2 Å². The first-order chi connectivity index (χ1) is 32.9.